The topological polar surface area (TPSA) is 12.9 Å². The summed E-state index contributed by atoms with van der Waals surface area (Å²) in [4.78, 5) is 4.57. The molecule has 0 amide bonds. The lowest BCUT2D eigenvalue weighted by molar-refractivity contribution is -0.0740. The Labute approximate surface area is 192 Å². The lowest BCUT2D eigenvalue weighted by Gasteiger charge is -2.57. The Hall–Kier alpha value is -0.850. The molecule has 3 unspecified atom stereocenters. The molecule has 5 rings (SSSR count). The van der Waals surface area contributed by atoms with E-state index < -0.39 is 0 Å². The molecule has 0 spiro atoms. The van der Waals surface area contributed by atoms with Crippen LogP contribution < -0.4 is 0 Å². The minimum Gasteiger partial charge on any atom is -0.261 e. The van der Waals surface area contributed by atoms with Crippen LogP contribution in [0, 0.1) is 59.7 Å². The van der Waals surface area contributed by atoms with Gasteiger partial charge in [-0.1, -0.05) is 46.1 Å². The lowest BCUT2D eigenvalue weighted by Crippen LogP contribution is -2.49. The predicted molar refractivity (Wildman–Crippen MR) is 131 cm³/mol. The molecule has 1 aromatic heterocycles. The van der Waals surface area contributed by atoms with E-state index in [1.165, 1.54) is 44.1 Å². The fourth-order valence-corrected chi connectivity index (χ4v) is 9.73. The fourth-order valence-electron chi connectivity index (χ4n) is 9.73. The number of pyridine rings is 1. The van der Waals surface area contributed by atoms with Crippen molar-refractivity contribution in [2.75, 3.05) is 0 Å². The molecule has 4 aliphatic rings. The minimum atomic E-state index is 0.602. The molecule has 0 radical (unpaired) electrons. The smallest absolute Gasteiger partial charge is 0.0372 e. The van der Waals surface area contributed by atoms with E-state index in [1.807, 2.05) is 0 Å². The molecule has 1 nitrogen and oxygen atoms in total. The van der Waals surface area contributed by atoms with Crippen molar-refractivity contribution in [3.05, 3.63) is 29.6 Å². The molecule has 0 N–H and O–H groups in total. The van der Waals surface area contributed by atoms with Gasteiger partial charge in [0.1, 0.15) is 0 Å². The molecule has 0 aromatic carbocycles. The molecule has 0 bridgehead atoms. The maximum absolute atomic E-state index is 4.57. The monoisotopic (exact) mass is 421 g/mol. The molecule has 1 heteroatoms. The maximum Gasteiger partial charge on any atom is 0.0372 e. The molecular formula is C30H47N. The molecule has 9 atom stereocenters. The second kappa shape index (κ2) is 8.83. The Morgan fingerprint density at radius 3 is 2.61 bits per heavy atom. The highest BCUT2D eigenvalue weighted by Gasteiger charge is 2.57. The summed E-state index contributed by atoms with van der Waals surface area (Å²) in [5, 5.41) is 0. The number of fused-ring (bicyclic) bond motifs is 5. The van der Waals surface area contributed by atoms with Gasteiger partial charge in [-0.15, -0.1) is 0 Å². The Kier molecular flexibility index (Phi) is 6.26. The highest BCUT2D eigenvalue weighted by molar-refractivity contribution is 5.15. The van der Waals surface area contributed by atoms with E-state index >= 15 is 0 Å². The third kappa shape index (κ3) is 4.02. The number of nitrogens with zero attached hydrogens (tertiary/aromatic N) is 1. The van der Waals surface area contributed by atoms with Crippen molar-refractivity contribution >= 4 is 0 Å². The van der Waals surface area contributed by atoms with Gasteiger partial charge in [0.15, 0.2) is 0 Å². The first-order valence-corrected chi connectivity index (χ1v) is 13.9. The van der Waals surface area contributed by atoms with Crippen molar-refractivity contribution in [1.82, 2.24) is 4.98 Å². The van der Waals surface area contributed by atoms with E-state index in [0.717, 1.165) is 53.0 Å². The summed E-state index contributed by atoms with van der Waals surface area (Å²) in [6.07, 6.45) is 20.1. The van der Waals surface area contributed by atoms with Crippen LogP contribution in [0.3, 0.4) is 0 Å². The first-order chi connectivity index (χ1) is 15.0. The van der Waals surface area contributed by atoms with Crippen LogP contribution in [-0.2, 0) is 6.42 Å². The first-order valence-electron chi connectivity index (χ1n) is 13.9. The number of hydrogen-bond acceptors (Lipinski definition) is 1. The average molecular weight is 422 g/mol. The van der Waals surface area contributed by atoms with Crippen molar-refractivity contribution in [2.24, 2.45) is 52.8 Å². The lowest BCUT2D eigenvalue weighted by atomic mass is 9.48. The largest absolute Gasteiger partial charge is 0.261 e. The number of aromatic nitrogens is 1. The van der Waals surface area contributed by atoms with Crippen molar-refractivity contribution < 1.29 is 0 Å². The molecule has 1 heterocycles. The van der Waals surface area contributed by atoms with Crippen molar-refractivity contribution in [1.29, 1.82) is 0 Å². The average Bonchev–Trinajstić information content (AvgIpc) is 3.12. The van der Waals surface area contributed by atoms with E-state index in [2.05, 4.69) is 51.0 Å². The van der Waals surface area contributed by atoms with Crippen LogP contribution in [0.1, 0.15) is 103 Å². The van der Waals surface area contributed by atoms with Gasteiger partial charge in [0, 0.05) is 11.9 Å². The van der Waals surface area contributed by atoms with Gasteiger partial charge in [0.25, 0.3) is 0 Å². The molecule has 0 saturated heterocycles. The standard InChI is InChI=1S/C30H47N/c1-5-6-22-9-11-25-24(18-22)10-12-27-26(25)15-16-30(4)28(13-14-29(27)30)20(2)17-23-8-7-21(3)31-19-23/h7-8,19-20,22,24-29H,5-6,9-18H2,1-4H3/t20-,22+,24-,25+,26?,27-,28?,29?,30-/m1/s1. The van der Waals surface area contributed by atoms with Crippen LogP contribution in [0.2, 0.25) is 0 Å². The molecular weight excluding hydrogens is 374 g/mol. The summed E-state index contributed by atoms with van der Waals surface area (Å²) in [6.45, 7) is 9.76. The summed E-state index contributed by atoms with van der Waals surface area (Å²) in [5.74, 6) is 8.09. The highest BCUT2D eigenvalue weighted by Crippen LogP contribution is 2.65. The molecule has 4 fully saturated rings. The summed E-state index contributed by atoms with van der Waals surface area (Å²) in [6, 6.07) is 4.51. The summed E-state index contributed by atoms with van der Waals surface area (Å²) in [7, 11) is 0. The predicted octanol–water partition coefficient (Wildman–Crippen LogP) is 8.25. The van der Waals surface area contributed by atoms with Gasteiger partial charge in [0.05, 0.1) is 0 Å². The second-order valence-electron chi connectivity index (χ2n) is 12.6. The van der Waals surface area contributed by atoms with Crippen molar-refractivity contribution in [2.45, 2.75) is 105 Å². The Balaban J connectivity index is 1.27. The van der Waals surface area contributed by atoms with Crippen molar-refractivity contribution in [3.63, 3.8) is 0 Å². The quantitative estimate of drug-likeness (QED) is 0.466. The number of aryl methyl sites for hydroxylation is 1. The second-order valence-corrected chi connectivity index (χ2v) is 12.6. The van der Waals surface area contributed by atoms with Gasteiger partial charge in [0.2, 0.25) is 0 Å². The molecule has 31 heavy (non-hydrogen) atoms. The molecule has 172 valence electrons. The van der Waals surface area contributed by atoms with E-state index in [-0.39, 0.29) is 0 Å². The molecule has 4 saturated carbocycles. The van der Waals surface area contributed by atoms with Crippen LogP contribution in [0.4, 0.5) is 0 Å². The Morgan fingerprint density at radius 1 is 1.00 bits per heavy atom. The van der Waals surface area contributed by atoms with Gasteiger partial charge in [-0.3, -0.25) is 4.98 Å². The van der Waals surface area contributed by atoms with E-state index in [4.69, 9.17) is 0 Å². The molecule has 1 aromatic rings. The van der Waals surface area contributed by atoms with Crippen LogP contribution >= 0.6 is 0 Å². The fraction of sp³-hybridized carbons (Fsp3) is 0.833. The van der Waals surface area contributed by atoms with E-state index in [9.17, 15) is 0 Å². The summed E-state index contributed by atoms with van der Waals surface area (Å²) in [5.41, 5.74) is 3.19. The molecule has 4 aliphatic carbocycles. The van der Waals surface area contributed by atoms with Gasteiger partial charge >= 0.3 is 0 Å². The van der Waals surface area contributed by atoms with Gasteiger partial charge < -0.3 is 0 Å². The van der Waals surface area contributed by atoms with Gasteiger partial charge in [-0.05, 0) is 129 Å². The first kappa shape index (κ1) is 22.0. The zero-order valence-corrected chi connectivity index (χ0v) is 20.8. The van der Waals surface area contributed by atoms with E-state index in [1.54, 1.807) is 38.5 Å². The third-order valence-electron chi connectivity index (χ3n) is 11.1. The van der Waals surface area contributed by atoms with Crippen LogP contribution in [0.25, 0.3) is 0 Å². The van der Waals surface area contributed by atoms with Gasteiger partial charge in [-0.25, -0.2) is 0 Å². The summed E-state index contributed by atoms with van der Waals surface area (Å²) < 4.78 is 0. The number of hydrogen-bond donors (Lipinski definition) is 0. The van der Waals surface area contributed by atoms with Crippen molar-refractivity contribution in [3.8, 4) is 0 Å². The highest BCUT2D eigenvalue weighted by atomic mass is 14.7. The van der Waals surface area contributed by atoms with Gasteiger partial charge in [-0.2, -0.15) is 0 Å². The SMILES string of the molecule is CCC[C@H]1CC[C@@H]2C3CC[C@@]4(C)C(CCC4[C@H](C)Cc4ccc(C)nc4)[C@@H]3CC[C@@H]2C1. The van der Waals surface area contributed by atoms with Crippen LogP contribution in [-0.4, -0.2) is 4.98 Å². The minimum absolute atomic E-state index is 0.602. The zero-order valence-electron chi connectivity index (χ0n) is 20.8. The van der Waals surface area contributed by atoms with Crippen LogP contribution in [0.15, 0.2) is 18.3 Å². The Bertz CT molecular complexity index is 737. The number of rotatable bonds is 5. The maximum atomic E-state index is 4.57. The zero-order chi connectivity index (χ0) is 21.6. The normalized spacial score (nSPS) is 43.0. The van der Waals surface area contributed by atoms with E-state index in [0.29, 0.717) is 5.41 Å². The van der Waals surface area contributed by atoms with Crippen LogP contribution in [0.5, 0.6) is 0 Å². The molecule has 0 aliphatic heterocycles. The third-order valence-corrected chi connectivity index (χ3v) is 11.1. The summed E-state index contributed by atoms with van der Waals surface area (Å²) >= 11 is 0. The Morgan fingerprint density at radius 2 is 1.84 bits per heavy atom.